The lowest BCUT2D eigenvalue weighted by molar-refractivity contribution is 0.112. The van der Waals surface area contributed by atoms with Crippen molar-refractivity contribution in [3.63, 3.8) is 0 Å². The fourth-order valence-corrected chi connectivity index (χ4v) is 2.04. The number of thioether (sulfide) groups is 1. The van der Waals surface area contributed by atoms with Gasteiger partial charge in [-0.25, -0.2) is 9.97 Å². The summed E-state index contributed by atoms with van der Waals surface area (Å²) in [4.78, 5) is 21.7. The second kappa shape index (κ2) is 5.22. The maximum atomic E-state index is 11.2. The third-order valence-corrected chi connectivity index (χ3v) is 3.06. The molecule has 0 N–H and O–H groups in total. The van der Waals surface area contributed by atoms with E-state index in [1.54, 1.807) is 23.3 Å². The minimum absolute atomic E-state index is 0.461. The number of hydrogen-bond acceptors (Lipinski definition) is 6. The van der Waals surface area contributed by atoms with Gasteiger partial charge in [-0.15, -0.1) is 11.8 Å². The van der Waals surface area contributed by atoms with Crippen molar-refractivity contribution in [2.75, 3.05) is 25.3 Å². The molecule has 0 spiro atoms. The van der Waals surface area contributed by atoms with Gasteiger partial charge < -0.3 is 9.32 Å². The van der Waals surface area contributed by atoms with Gasteiger partial charge in [-0.05, 0) is 18.4 Å². The highest BCUT2D eigenvalue weighted by atomic mass is 32.2. The van der Waals surface area contributed by atoms with E-state index < -0.39 is 0 Å². The normalized spacial score (nSPS) is 10.4. The van der Waals surface area contributed by atoms with Crippen molar-refractivity contribution >= 4 is 24.0 Å². The highest BCUT2D eigenvalue weighted by Gasteiger charge is 2.17. The zero-order valence-corrected chi connectivity index (χ0v) is 11.2. The Hall–Kier alpha value is -1.82. The molecule has 0 saturated carbocycles. The molecule has 0 aliphatic heterocycles. The number of aromatic nitrogens is 2. The predicted octanol–water partition coefficient (Wildman–Crippen LogP) is 2.34. The van der Waals surface area contributed by atoms with Crippen molar-refractivity contribution in [2.24, 2.45) is 0 Å². The van der Waals surface area contributed by atoms with Gasteiger partial charge in [0.05, 0.1) is 11.8 Å². The second-order valence-electron chi connectivity index (χ2n) is 3.78. The van der Waals surface area contributed by atoms with Crippen LogP contribution < -0.4 is 4.90 Å². The number of carbonyl (C=O) groups excluding carboxylic acids is 1. The number of aldehydes is 1. The van der Waals surface area contributed by atoms with E-state index in [1.165, 1.54) is 11.8 Å². The Bertz CT molecular complexity index is 553. The Balaban J connectivity index is 2.68. The molecule has 0 aliphatic carbocycles. The van der Waals surface area contributed by atoms with Gasteiger partial charge in [-0.1, -0.05) is 0 Å². The topological polar surface area (TPSA) is 59.2 Å². The lowest BCUT2D eigenvalue weighted by Gasteiger charge is -2.14. The van der Waals surface area contributed by atoms with Gasteiger partial charge in [0.15, 0.2) is 12.0 Å². The number of anilines is 1. The largest absolute Gasteiger partial charge is 0.463 e. The first-order valence-corrected chi connectivity index (χ1v) is 6.52. The lowest BCUT2D eigenvalue weighted by Crippen LogP contribution is -2.14. The maximum absolute atomic E-state index is 11.2. The summed E-state index contributed by atoms with van der Waals surface area (Å²) >= 11 is 1.41. The molecule has 94 valence electrons. The first kappa shape index (κ1) is 12.6. The van der Waals surface area contributed by atoms with Gasteiger partial charge in [-0.3, -0.25) is 4.79 Å². The first-order chi connectivity index (χ1) is 8.67. The number of rotatable bonds is 4. The molecule has 0 bridgehead atoms. The van der Waals surface area contributed by atoms with E-state index >= 15 is 0 Å². The van der Waals surface area contributed by atoms with Crippen LogP contribution in [0.3, 0.4) is 0 Å². The second-order valence-corrected chi connectivity index (χ2v) is 4.58. The maximum Gasteiger partial charge on any atom is 0.226 e. The van der Waals surface area contributed by atoms with E-state index in [2.05, 4.69) is 9.97 Å². The lowest BCUT2D eigenvalue weighted by atomic mass is 10.2. The van der Waals surface area contributed by atoms with Gasteiger partial charge in [0.2, 0.25) is 5.95 Å². The van der Waals surface area contributed by atoms with Crippen LogP contribution in [0.15, 0.2) is 27.8 Å². The van der Waals surface area contributed by atoms with Gasteiger partial charge in [0.1, 0.15) is 10.7 Å². The summed E-state index contributed by atoms with van der Waals surface area (Å²) in [5.74, 6) is 1.12. The van der Waals surface area contributed by atoms with Crippen molar-refractivity contribution in [1.29, 1.82) is 0 Å². The number of furan rings is 1. The monoisotopic (exact) mass is 263 g/mol. The molecular formula is C12H13N3O2S. The molecule has 6 heteroatoms. The van der Waals surface area contributed by atoms with Gasteiger partial charge in [0, 0.05) is 14.1 Å². The summed E-state index contributed by atoms with van der Waals surface area (Å²) in [6, 6.07) is 3.54. The molecule has 0 aliphatic rings. The Kier molecular flexibility index (Phi) is 3.66. The van der Waals surface area contributed by atoms with E-state index in [4.69, 9.17) is 4.42 Å². The van der Waals surface area contributed by atoms with Crippen LogP contribution in [0.2, 0.25) is 0 Å². The molecule has 2 aromatic heterocycles. The number of hydrogen-bond donors (Lipinski definition) is 0. The van der Waals surface area contributed by atoms with Crippen LogP contribution >= 0.6 is 11.8 Å². The zero-order chi connectivity index (χ0) is 13.1. The molecule has 0 aromatic carbocycles. The molecule has 0 fully saturated rings. The van der Waals surface area contributed by atoms with Crippen LogP contribution in [-0.4, -0.2) is 36.6 Å². The molecule has 0 unspecified atom stereocenters. The Morgan fingerprint density at radius 3 is 2.67 bits per heavy atom. The summed E-state index contributed by atoms with van der Waals surface area (Å²) in [6.45, 7) is 0. The number of nitrogens with zero attached hydrogens (tertiary/aromatic N) is 3. The number of carbonyl (C=O) groups is 1. The molecule has 0 radical (unpaired) electrons. The highest BCUT2D eigenvalue weighted by molar-refractivity contribution is 7.98. The summed E-state index contributed by atoms with van der Waals surface area (Å²) < 4.78 is 5.32. The van der Waals surface area contributed by atoms with Gasteiger partial charge >= 0.3 is 0 Å². The Morgan fingerprint density at radius 1 is 1.39 bits per heavy atom. The van der Waals surface area contributed by atoms with E-state index in [0.717, 1.165) is 6.29 Å². The molecule has 0 atom stereocenters. The summed E-state index contributed by atoms with van der Waals surface area (Å²) in [7, 11) is 3.71. The van der Waals surface area contributed by atoms with Crippen molar-refractivity contribution in [3.05, 3.63) is 24.0 Å². The minimum Gasteiger partial charge on any atom is -0.463 e. The Morgan fingerprint density at radius 2 is 2.17 bits per heavy atom. The van der Waals surface area contributed by atoms with Gasteiger partial charge in [0.25, 0.3) is 0 Å². The van der Waals surface area contributed by atoms with Crippen molar-refractivity contribution in [1.82, 2.24) is 9.97 Å². The smallest absolute Gasteiger partial charge is 0.226 e. The summed E-state index contributed by atoms with van der Waals surface area (Å²) in [5.41, 5.74) is 0.987. The zero-order valence-electron chi connectivity index (χ0n) is 10.4. The fourth-order valence-electron chi connectivity index (χ4n) is 1.50. The van der Waals surface area contributed by atoms with Crippen LogP contribution in [0.25, 0.3) is 11.5 Å². The standard InChI is InChI=1S/C12H13N3O2S/c1-15(2)12-13-10(9-5-4-6-17-9)8(7-16)11(14-12)18-3/h4-7H,1-3H3. The van der Waals surface area contributed by atoms with Crippen molar-refractivity contribution in [2.45, 2.75) is 5.03 Å². The van der Waals surface area contributed by atoms with Crippen LogP contribution in [0.1, 0.15) is 10.4 Å². The van der Waals surface area contributed by atoms with E-state index in [9.17, 15) is 4.79 Å². The molecule has 2 rings (SSSR count). The van der Waals surface area contributed by atoms with E-state index in [0.29, 0.717) is 28.0 Å². The fraction of sp³-hybridized carbons (Fsp3) is 0.250. The van der Waals surface area contributed by atoms with Crippen LogP contribution in [0.5, 0.6) is 0 Å². The molecule has 0 saturated heterocycles. The van der Waals surface area contributed by atoms with Crippen LogP contribution in [-0.2, 0) is 0 Å². The van der Waals surface area contributed by atoms with Crippen LogP contribution in [0, 0.1) is 0 Å². The Labute approximate surface area is 109 Å². The van der Waals surface area contributed by atoms with Crippen molar-refractivity contribution < 1.29 is 9.21 Å². The van der Waals surface area contributed by atoms with Crippen LogP contribution in [0.4, 0.5) is 5.95 Å². The molecule has 5 nitrogen and oxygen atoms in total. The minimum atomic E-state index is 0.461. The van der Waals surface area contributed by atoms with E-state index in [1.807, 2.05) is 20.4 Å². The quantitative estimate of drug-likeness (QED) is 0.479. The molecular weight excluding hydrogens is 250 g/mol. The third kappa shape index (κ3) is 2.24. The highest BCUT2D eigenvalue weighted by Crippen LogP contribution is 2.29. The molecule has 0 amide bonds. The molecule has 18 heavy (non-hydrogen) atoms. The average Bonchev–Trinajstić information content (AvgIpc) is 2.90. The van der Waals surface area contributed by atoms with E-state index in [-0.39, 0.29) is 0 Å². The van der Waals surface area contributed by atoms with Gasteiger partial charge in [-0.2, -0.15) is 0 Å². The molecule has 2 heterocycles. The SMILES string of the molecule is CSc1nc(N(C)C)nc(-c2ccco2)c1C=O. The van der Waals surface area contributed by atoms with Crippen molar-refractivity contribution in [3.8, 4) is 11.5 Å². The average molecular weight is 263 g/mol. The molecule has 2 aromatic rings. The summed E-state index contributed by atoms with van der Waals surface area (Å²) in [6.07, 6.45) is 4.20. The first-order valence-electron chi connectivity index (χ1n) is 5.29. The summed E-state index contributed by atoms with van der Waals surface area (Å²) in [5, 5.41) is 0.648. The third-order valence-electron chi connectivity index (χ3n) is 2.36. The predicted molar refractivity (Wildman–Crippen MR) is 71.2 cm³/mol.